The minimum absolute atomic E-state index is 0.00889. The van der Waals surface area contributed by atoms with Crippen LogP contribution in [0.4, 0.5) is 0 Å². The molecule has 2 rings (SSSR count). The Labute approximate surface area is 129 Å². The zero-order valence-corrected chi connectivity index (χ0v) is 13.3. The number of hydrogen-bond acceptors (Lipinski definition) is 4. The van der Waals surface area contributed by atoms with Crippen LogP contribution in [0.5, 0.6) is 0 Å². The highest BCUT2D eigenvalue weighted by molar-refractivity contribution is 7.92. The summed E-state index contributed by atoms with van der Waals surface area (Å²) in [5, 5.41) is 8.50. The van der Waals surface area contributed by atoms with Crippen molar-refractivity contribution in [3.8, 4) is 0 Å². The second kappa shape index (κ2) is 5.72. The summed E-state index contributed by atoms with van der Waals surface area (Å²) in [6.07, 6.45) is 1.28. The number of sulfone groups is 1. The molecule has 1 N–H and O–H groups in total. The Hall–Kier alpha value is -1.89. The van der Waals surface area contributed by atoms with Crippen molar-refractivity contribution in [1.82, 2.24) is 4.90 Å². The van der Waals surface area contributed by atoms with Gasteiger partial charge in [-0.25, -0.2) is 8.42 Å². The van der Waals surface area contributed by atoms with E-state index in [1.54, 1.807) is 30.3 Å². The van der Waals surface area contributed by atoms with Crippen LogP contribution in [-0.4, -0.2) is 54.9 Å². The Morgan fingerprint density at radius 1 is 1.27 bits per heavy atom. The summed E-state index contributed by atoms with van der Waals surface area (Å²) >= 11 is 0. The predicted octanol–water partition coefficient (Wildman–Crippen LogP) is 0.674. The van der Waals surface area contributed by atoms with Crippen molar-refractivity contribution in [2.75, 3.05) is 19.3 Å². The molecule has 2 atom stereocenters. The lowest BCUT2D eigenvalue weighted by Gasteiger charge is -2.26. The number of nitrogens with zero attached hydrogens (tertiary/aromatic N) is 1. The Morgan fingerprint density at radius 2 is 1.86 bits per heavy atom. The average Bonchev–Trinajstić information content (AvgIpc) is 2.92. The molecule has 120 valence electrons. The molecule has 1 aliphatic rings. The van der Waals surface area contributed by atoms with Crippen LogP contribution in [-0.2, 0) is 24.8 Å². The zero-order valence-electron chi connectivity index (χ0n) is 12.5. The topological polar surface area (TPSA) is 91.8 Å². The number of rotatable bonds is 4. The van der Waals surface area contributed by atoms with Gasteiger partial charge in [-0.2, -0.15) is 0 Å². The van der Waals surface area contributed by atoms with Gasteiger partial charge in [0, 0.05) is 19.3 Å². The molecule has 0 spiro atoms. The van der Waals surface area contributed by atoms with Crippen LogP contribution in [0.1, 0.15) is 18.9 Å². The summed E-state index contributed by atoms with van der Waals surface area (Å²) in [6, 6.07) is 8.75. The molecule has 2 unspecified atom stereocenters. The molecule has 1 saturated heterocycles. The van der Waals surface area contributed by atoms with E-state index in [0.29, 0.717) is 5.56 Å². The van der Waals surface area contributed by atoms with Crippen molar-refractivity contribution >= 4 is 21.7 Å². The van der Waals surface area contributed by atoms with E-state index in [1.807, 2.05) is 0 Å². The Balaban J connectivity index is 2.30. The molecular weight excluding hydrogens is 306 g/mol. The van der Waals surface area contributed by atoms with E-state index >= 15 is 0 Å². The van der Waals surface area contributed by atoms with E-state index in [2.05, 4.69) is 0 Å². The van der Waals surface area contributed by atoms with Gasteiger partial charge < -0.3 is 10.0 Å². The highest BCUT2D eigenvalue weighted by atomic mass is 32.2. The first-order valence-corrected chi connectivity index (χ1v) is 8.90. The maximum absolute atomic E-state index is 12.3. The highest BCUT2D eigenvalue weighted by Gasteiger charge is 2.48. The molecule has 0 radical (unpaired) electrons. The molecule has 1 amide bonds. The second-order valence-electron chi connectivity index (χ2n) is 5.73. The van der Waals surface area contributed by atoms with Crippen LogP contribution in [0.3, 0.4) is 0 Å². The molecule has 0 saturated carbocycles. The molecule has 1 aliphatic heterocycles. The first-order valence-electron chi connectivity index (χ1n) is 6.95. The third-order valence-corrected chi connectivity index (χ3v) is 5.79. The van der Waals surface area contributed by atoms with E-state index in [0.717, 1.165) is 6.26 Å². The monoisotopic (exact) mass is 325 g/mol. The molecule has 22 heavy (non-hydrogen) atoms. The van der Waals surface area contributed by atoms with Gasteiger partial charge in [-0.15, -0.1) is 0 Å². The predicted molar refractivity (Wildman–Crippen MR) is 81.3 cm³/mol. The van der Waals surface area contributed by atoms with Gasteiger partial charge in [-0.05, 0) is 18.9 Å². The molecule has 1 aromatic carbocycles. The Kier molecular flexibility index (Phi) is 4.28. The number of carboxylic acids is 1. The van der Waals surface area contributed by atoms with Gasteiger partial charge in [0.05, 0.1) is 0 Å². The molecular formula is C15H19NO5S. The number of benzene rings is 1. The lowest BCUT2D eigenvalue weighted by Crippen LogP contribution is -2.44. The minimum atomic E-state index is -3.50. The molecule has 7 heteroatoms. The highest BCUT2D eigenvalue weighted by Crippen LogP contribution is 2.35. The van der Waals surface area contributed by atoms with Gasteiger partial charge in [-0.1, -0.05) is 30.3 Å². The van der Waals surface area contributed by atoms with Gasteiger partial charge in [0.15, 0.2) is 9.84 Å². The minimum Gasteiger partial charge on any atom is -0.481 e. The van der Waals surface area contributed by atoms with Crippen LogP contribution in [0.15, 0.2) is 30.3 Å². The molecule has 1 aromatic rings. The van der Waals surface area contributed by atoms with E-state index in [4.69, 9.17) is 0 Å². The summed E-state index contributed by atoms with van der Waals surface area (Å²) in [7, 11) is -3.50. The maximum atomic E-state index is 12.3. The summed E-state index contributed by atoms with van der Waals surface area (Å²) in [6.45, 7) is 1.56. The summed E-state index contributed by atoms with van der Waals surface area (Å²) in [5.41, 5.74) is -0.543. The van der Waals surface area contributed by atoms with Gasteiger partial charge in [0.2, 0.25) is 5.91 Å². The molecule has 1 fully saturated rings. The lowest BCUT2D eigenvalue weighted by molar-refractivity contribution is -0.143. The zero-order chi connectivity index (χ0) is 16.5. The number of likely N-dealkylation sites (tertiary alicyclic amines) is 1. The van der Waals surface area contributed by atoms with Crippen LogP contribution >= 0.6 is 0 Å². The van der Waals surface area contributed by atoms with Gasteiger partial charge >= 0.3 is 5.97 Å². The largest absolute Gasteiger partial charge is 0.481 e. The number of aliphatic carboxylic acids is 1. The van der Waals surface area contributed by atoms with Gasteiger partial charge in [0.1, 0.15) is 10.7 Å². The summed E-state index contributed by atoms with van der Waals surface area (Å²) < 4.78 is 23.1. The van der Waals surface area contributed by atoms with Gasteiger partial charge in [0.25, 0.3) is 0 Å². The normalized spacial score (nSPS) is 23.3. The van der Waals surface area contributed by atoms with Crippen LogP contribution < -0.4 is 0 Å². The van der Waals surface area contributed by atoms with Crippen molar-refractivity contribution in [3.05, 3.63) is 35.9 Å². The van der Waals surface area contributed by atoms with Crippen LogP contribution in [0, 0.1) is 0 Å². The first kappa shape index (κ1) is 16.5. The summed E-state index contributed by atoms with van der Waals surface area (Å²) in [5.74, 6) is -1.54. The molecule has 0 aliphatic carbocycles. The van der Waals surface area contributed by atoms with E-state index in [1.165, 1.54) is 11.8 Å². The number of carbonyl (C=O) groups excluding carboxylic acids is 1. The van der Waals surface area contributed by atoms with Crippen molar-refractivity contribution in [1.29, 1.82) is 0 Å². The van der Waals surface area contributed by atoms with Crippen molar-refractivity contribution < 1.29 is 23.1 Å². The quantitative estimate of drug-likeness (QED) is 0.878. The van der Waals surface area contributed by atoms with E-state index < -0.39 is 32.4 Å². The smallest absolute Gasteiger partial charge is 0.316 e. The fourth-order valence-electron chi connectivity index (χ4n) is 2.73. The molecule has 6 nitrogen and oxygen atoms in total. The van der Waals surface area contributed by atoms with Crippen LogP contribution in [0.25, 0.3) is 0 Å². The van der Waals surface area contributed by atoms with Gasteiger partial charge in [-0.3, -0.25) is 9.59 Å². The average molecular weight is 325 g/mol. The Morgan fingerprint density at radius 3 is 2.36 bits per heavy atom. The molecule has 0 aromatic heterocycles. The van der Waals surface area contributed by atoms with E-state index in [9.17, 15) is 23.1 Å². The van der Waals surface area contributed by atoms with Crippen molar-refractivity contribution in [3.63, 3.8) is 0 Å². The summed E-state index contributed by atoms with van der Waals surface area (Å²) in [4.78, 5) is 25.4. The van der Waals surface area contributed by atoms with Crippen molar-refractivity contribution in [2.45, 2.75) is 24.0 Å². The number of carbonyl (C=O) groups is 2. The third-order valence-electron chi connectivity index (χ3n) is 4.31. The number of amides is 1. The maximum Gasteiger partial charge on any atom is 0.316 e. The first-order chi connectivity index (χ1) is 10.2. The number of hydrogen-bond donors (Lipinski definition) is 1. The van der Waals surface area contributed by atoms with E-state index in [-0.39, 0.29) is 19.5 Å². The van der Waals surface area contributed by atoms with Crippen LogP contribution in [0.2, 0.25) is 0 Å². The van der Waals surface area contributed by atoms with Crippen molar-refractivity contribution in [2.24, 2.45) is 0 Å². The number of carboxylic acid groups (broad SMARTS) is 1. The standard InChI is InChI=1S/C15H19NO5S/c1-11(22(2,20)21)13(17)16-9-8-15(10-16,14(18)19)12-6-4-3-5-7-12/h3-7,11H,8-10H2,1-2H3,(H,18,19). The third kappa shape index (κ3) is 2.85. The fraction of sp³-hybridized carbons (Fsp3) is 0.467. The SMILES string of the molecule is CC(C(=O)N1CCC(C(=O)O)(c2ccccc2)C1)S(C)(=O)=O. The Bertz CT molecular complexity index is 685. The molecule has 0 bridgehead atoms. The molecule has 1 heterocycles. The fourth-order valence-corrected chi connectivity index (χ4v) is 3.24. The second-order valence-corrected chi connectivity index (χ2v) is 8.10. The lowest BCUT2D eigenvalue weighted by atomic mass is 9.80.